The van der Waals surface area contributed by atoms with E-state index in [4.69, 9.17) is 0 Å². The minimum absolute atomic E-state index is 0.926. The molecule has 1 aliphatic heterocycles. The fourth-order valence-corrected chi connectivity index (χ4v) is 1.05. The molecule has 0 aromatic heterocycles. The fraction of sp³-hybridized carbons (Fsp3) is 1.00. The molecule has 1 aliphatic rings. The third kappa shape index (κ3) is 1.95. The Morgan fingerprint density at radius 2 is 2.22 bits per heavy atom. The minimum Gasteiger partial charge on any atom is -0.316 e. The van der Waals surface area contributed by atoms with Gasteiger partial charge in [0.05, 0.1) is 0 Å². The molecule has 0 saturated carbocycles. The maximum Gasteiger partial charge on any atom is 0.00308 e. The van der Waals surface area contributed by atoms with Crippen LogP contribution in [0.3, 0.4) is 0 Å². The lowest BCUT2D eigenvalue weighted by atomic mass is 10.0. The third-order valence-electron chi connectivity index (χ3n) is 1.98. The Bertz CT molecular complexity index is 76.2. The van der Waals surface area contributed by atoms with E-state index in [2.05, 4.69) is 24.2 Å². The van der Waals surface area contributed by atoms with Crippen LogP contribution in [0.15, 0.2) is 0 Å². The normalized spacial score (nSPS) is 20.3. The molecule has 0 aromatic carbocycles. The molecule has 2 nitrogen and oxygen atoms in total. The van der Waals surface area contributed by atoms with Crippen LogP contribution >= 0.6 is 0 Å². The van der Waals surface area contributed by atoms with Crippen LogP contribution in [0.5, 0.6) is 0 Å². The molecule has 1 saturated heterocycles. The highest BCUT2D eigenvalue weighted by Crippen LogP contribution is 2.03. The first kappa shape index (κ1) is 7.03. The number of nitrogens with one attached hydrogen (secondary N) is 1. The van der Waals surface area contributed by atoms with E-state index in [1.165, 1.54) is 26.2 Å². The van der Waals surface area contributed by atoms with Crippen LogP contribution in [0.2, 0.25) is 0 Å². The van der Waals surface area contributed by atoms with Crippen molar-refractivity contribution in [1.29, 1.82) is 0 Å². The van der Waals surface area contributed by atoms with Gasteiger partial charge in [0.2, 0.25) is 0 Å². The largest absolute Gasteiger partial charge is 0.316 e. The quantitative estimate of drug-likeness (QED) is 0.582. The molecular formula is C7H16N2. The molecule has 0 unspecified atom stereocenters. The summed E-state index contributed by atoms with van der Waals surface area (Å²) in [5, 5.41) is 3.26. The summed E-state index contributed by atoms with van der Waals surface area (Å²) in [7, 11) is 2.18. The highest BCUT2D eigenvalue weighted by molar-refractivity contribution is 4.76. The van der Waals surface area contributed by atoms with Gasteiger partial charge in [-0.1, -0.05) is 6.92 Å². The first-order valence-electron chi connectivity index (χ1n) is 3.72. The molecule has 0 amide bonds. The zero-order chi connectivity index (χ0) is 6.69. The number of rotatable bonds is 3. The maximum atomic E-state index is 3.26. The Morgan fingerprint density at radius 1 is 1.56 bits per heavy atom. The Morgan fingerprint density at radius 3 is 2.56 bits per heavy atom. The van der Waals surface area contributed by atoms with Gasteiger partial charge in [-0.3, -0.25) is 0 Å². The summed E-state index contributed by atoms with van der Waals surface area (Å²) in [6.07, 6.45) is 0. The topological polar surface area (TPSA) is 15.3 Å². The Kier molecular flexibility index (Phi) is 2.49. The molecule has 1 fully saturated rings. The van der Waals surface area contributed by atoms with Gasteiger partial charge in [-0.15, -0.1) is 0 Å². The van der Waals surface area contributed by atoms with Gasteiger partial charge in [0.15, 0.2) is 0 Å². The Labute approximate surface area is 57.2 Å². The van der Waals surface area contributed by atoms with Crippen LogP contribution in [0.4, 0.5) is 0 Å². The second-order valence-electron chi connectivity index (χ2n) is 2.88. The standard InChI is InChI=1S/C7H16N2/c1-3-9(2)6-7-4-8-5-7/h7-8H,3-6H2,1-2H3. The first-order valence-corrected chi connectivity index (χ1v) is 3.72. The summed E-state index contributed by atoms with van der Waals surface area (Å²) in [6.45, 7) is 7.10. The van der Waals surface area contributed by atoms with E-state index in [0.29, 0.717) is 0 Å². The van der Waals surface area contributed by atoms with Crippen molar-refractivity contribution in [2.24, 2.45) is 5.92 Å². The molecule has 0 aliphatic carbocycles. The van der Waals surface area contributed by atoms with Crippen molar-refractivity contribution in [3.05, 3.63) is 0 Å². The smallest absolute Gasteiger partial charge is 0.00308 e. The average Bonchev–Trinajstić information content (AvgIpc) is 1.78. The molecule has 0 atom stereocenters. The van der Waals surface area contributed by atoms with Crippen molar-refractivity contribution in [3.63, 3.8) is 0 Å². The zero-order valence-corrected chi connectivity index (χ0v) is 6.35. The van der Waals surface area contributed by atoms with Crippen LogP contribution in [0.25, 0.3) is 0 Å². The zero-order valence-electron chi connectivity index (χ0n) is 6.35. The van der Waals surface area contributed by atoms with Crippen molar-refractivity contribution in [3.8, 4) is 0 Å². The van der Waals surface area contributed by atoms with Crippen molar-refractivity contribution < 1.29 is 0 Å². The molecule has 1 heterocycles. The maximum absolute atomic E-state index is 3.26. The molecular weight excluding hydrogens is 112 g/mol. The van der Waals surface area contributed by atoms with Gasteiger partial charge in [0, 0.05) is 19.6 Å². The SMILES string of the molecule is CCN(C)CC1CNC1. The van der Waals surface area contributed by atoms with Gasteiger partial charge in [-0.05, 0) is 19.5 Å². The summed E-state index contributed by atoms with van der Waals surface area (Å²) < 4.78 is 0. The molecule has 0 radical (unpaired) electrons. The van der Waals surface area contributed by atoms with Crippen LogP contribution in [-0.2, 0) is 0 Å². The van der Waals surface area contributed by atoms with Crippen LogP contribution in [0.1, 0.15) is 6.92 Å². The van der Waals surface area contributed by atoms with E-state index in [9.17, 15) is 0 Å². The molecule has 9 heavy (non-hydrogen) atoms. The molecule has 54 valence electrons. The minimum atomic E-state index is 0.926. The number of nitrogens with zero attached hydrogens (tertiary/aromatic N) is 1. The van der Waals surface area contributed by atoms with Gasteiger partial charge in [0.25, 0.3) is 0 Å². The van der Waals surface area contributed by atoms with E-state index in [0.717, 1.165) is 5.92 Å². The van der Waals surface area contributed by atoms with Crippen LogP contribution in [0, 0.1) is 5.92 Å². The van der Waals surface area contributed by atoms with Gasteiger partial charge >= 0.3 is 0 Å². The molecule has 1 N–H and O–H groups in total. The molecule has 2 heteroatoms. The van der Waals surface area contributed by atoms with Crippen LogP contribution in [-0.4, -0.2) is 38.1 Å². The second-order valence-corrected chi connectivity index (χ2v) is 2.88. The average molecular weight is 128 g/mol. The summed E-state index contributed by atoms with van der Waals surface area (Å²) in [6, 6.07) is 0. The first-order chi connectivity index (χ1) is 4.33. The van der Waals surface area contributed by atoms with E-state index in [-0.39, 0.29) is 0 Å². The predicted molar refractivity (Wildman–Crippen MR) is 39.5 cm³/mol. The Hall–Kier alpha value is -0.0800. The lowest BCUT2D eigenvalue weighted by molar-refractivity contribution is 0.231. The van der Waals surface area contributed by atoms with Gasteiger partial charge < -0.3 is 10.2 Å². The van der Waals surface area contributed by atoms with Crippen molar-refractivity contribution in [2.45, 2.75) is 6.92 Å². The van der Waals surface area contributed by atoms with E-state index in [1.54, 1.807) is 0 Å². The summed E-state index contributed by atoms with van der Waals surface area (Å²) in [5.41, 5.74) is 0. The van der Waals surface area contributed by atoms with Crippen molar-refractivity contribution in [1.82, 2.24) is 10.2 Å². The van der Waals surface area contributed by atoms with E-state index < -0.39 is 0 Å². The molecule has 0 aromatic rings. The highest BCUT2D eigenvalue weighted by Gasteiger charge is 2.17. The molecule has 1 rings (SSSR count). The Balaban J connectivity index is 2.01. The van der Waals surface area contributed by atoms with Gasteiger partial charge in [-0.25, -0.2) is 0 Å². The number of hydrogen-bond donors (Lipinski definition) is 1. The lowest BCUT2D eigenvalue weighted by Gasteiger charge is -2.30. The van der Waals surface area contributed by atoms with E-state index >= 15 is 0 Å². The fourth-order valence-electron chi connectivity index (χ4n) is 1.05. The van der Waals surface area contributed by atoms with Crippen LogP contribution < -0.4 is 5.32 Å². The van der Waals surface area contributed by atoms with E-state index in [1.807, 2.05) is 0 Å². The van der Waals surface area contributed by atoms with Crippen molar-refractivity contribution in [2.75, 3.05) is 33.2 Å². The molecule has 0 bridgehead atoms. The monoisotopic (exact) mass is 128 g/mol. The summed E-state index contributed by atoms with van der Waals surface area (Å²) in [5.74, 6) is 0.926. The second kappa shape index (κ2) is 3.18. The lowest BCUT2D eigenvalue weighted by Crippen LogP contribution is -2.47. The number of hydrogen-bond acceptors (Lipinski definition) is 2. The molecule has 0 spiro atoms. The summed E-state index contributed by atoms with van der Waals surface area (Å²) >= 11 is 0. The predicted octanol–water partition coefficient (Wildman–Crippen LogP) is 0.158. The van der Waals surface area contributed by atoms with Gasteiger partial charge in [-0.2, -0.15) is 0 Å². The highest BCUT2D eigenvalue weighted by atomic mass is 15.1. The van der Waals surface area contributed by atoms with Crippen molar-refractivity contribution >= 4 is 0 Å². The summed E-state index contributed by atoms with van der Waals surface area (Å²) in [4.78, 5) is 2.37. The van der Waals surface area contributed by atoms with Gasteiger partial charge in [0.1, 0.15) is 0 Å². The third-order valence-corrected chi connectivity index (χ3v) is 1.98.